The van der Waals surface area contributed by atoms with Crippen molar-refractivity contribution in [2.24, 2.45) is 11.7 Å². The lowest BCUT2D eigenvalue weighted by atomic mass is 9.94. The van der Waals surface area contributed by atoms with E-state index < -0.39 is 6.04 Å². The molecule has 2 amide bonds. The summed E-state index contributed by atoms with van der Waals surface area (Å²) in [7, 11) is 0. The average Bonchev–Trinajstić information content (AvgIpc) is 2.78. The molecule has 2 N–H and O–H groups in total. The van der Waals surface area contributed by atoms with Crippen LogP contribution in [0.25, 0.3) is 0 Å². The first kappa shape index (κ1) is 25.0. The first-order valence-electron chi connectivity index (χ1n) is 12.0. The van der Waals surface area contributed by atoms with Crippen LogP contribution in [0.1, 0.15) is 52.0 Å². The summed E-state index contributed by atoms with van der Waals surface area (Å²) >= 11 is 5.95. The van der Waals surface area contributed by atoms with E-state index in [0.717, 1.165) is 64.0 Å². The fraction of sp³-hybridized carbons (Fsp3) is 0.680. The molecule has 0 unspecified atom stereocenters. The van der Waals surface area contributed by atoms with Gasteiger partial charge in [-0.2, -0.15) is 0 Å². The molecular weight excluding hydrogens is 424 g/mol. The lowest BCUT2D eigenvalue weighted by Crippen LogP contribution is -2.55. The Hall–Kier alpha value is -1.63. The molecule has 2 aliphatic rings. The summed E-state index contributed by atoms with van der Waals surface area (Å²) in [5.74, 6) is 0.817. The van der Waals surface area contributed by atoms with Crippen molar-refractivity contribution in [2.45, 2.75) is 71.0 Å². The lowest BCUT2D eigenvalue weighted by molar-refractivity contribution is -0.134. The molecule has 0 bridgehead atoms. The van der Waals surface area contributed by atoms with Gasteiger partial charge in [-0.05, 0) is 55.7 Å². The van der Waals surface area contributed by atoms with Crippen molar-refractivity contribution in [3.63, 3.8) is 0 Å². The van der Waals surface area contributed by atoms with E-state index >= 15 is 0 Å². The van der Waals surface area contributed by atoms with Crippen LogP contribution in [0.3, 0.4) is 0 Å². The van der Waals surface area contributed by atoms with Crippen LogP contribution in [0, 0.1) is 5.92 Å². The number of likely N-dealkylation sites (tertiary alicyclic amines) is 2. The lowest BCUT2D eigenvalue weighted by Gasteiger charge is -2.46. The third-order valence-corrected chi connectivity index (χ3v) is 7.14. The Labute approximate surface area is 198 Å². The second-order valence-corrected chi connectivity index (χ2v) is 10.3. The third kappa shape index (κ3) is 6.69. The normalized spacial score (nSPS) is 19.6. The molecule has 7 heteroatoms. The highest BCUT2D eigenvalue weighted by atomic mass is 35.5. The van der Waals surface area contributed by atoms with Gasteiger partial charge in [-0.15, -0.1) is 0 Å². The highest BCUT2D eigenvalue weighted by Gasteiger charge is 2.34. The Kier molecular flexibility index (Phi) is 8.97. The molecule has 0 radical (unpaired) electrons. The number of amides is 2. The average molecular weight is 463 g/mol. The summed E-state index contributed by atoms with van der Waals surface area (Å²) in [4.78, 5) is 31.2. The van der Waals surface area contributed by atoms with E-state index in [-0.39, 0.29) is 11.8 Å². The molecule has 2 fully saturated rings. The minimum absolute atomic E-state index is 0.0450. The number of halogens is 1. The first-order valence-corrected chi connectivity index (χ1v) is 12.4. The molecule has 2 heterocycles. The summed E-state index contributed by atoms with van der Waals surface area (Å²) in [6.45, 7) is 10.5. The molecule has 1 aromatic rings. The molecule has 2 saturated heterocycles. The summed E-state index contributed by atoms with van der Waals surface area (Å²) < 4.78 is 0. The molecule has 178 valence electrons. The van der Waals surface area contributed by atoms with Crippen LogP contribution < -0.4 is 5.73 Å². The Balaban J connectivity index is 1.54. The van der Waals surface area contributed by atoms with Gasteiger partial charge in [0.1, 0.15) is 0 Å². The van der Waals surface area contributed by atoms with E-state index in [0.29, 0.717) is 29.4 Å². The highest BCUT2D eigenvalue weighted by molar-refractivity contribution is 6.30. The van der Waals surface area contributed by atoms with Crippen molar-refractivity contribution < 1.29 is 9.59 Å². The van der Waals surface area contributed by atoms with Crippen LogP contribution in [0.2, 0.25) is 5.02 Å². The van der Waals surface area contributed by atoms with Crippen LogP contribution >= 0.6 is 11.6 Å². The second-order valence-electron chi connectivity index (χ2n) is 9.82. The van der Waals surface area contributed by atoms with Gasteiger partial charge in [0.15, 0.2) is 0 Å². The first-order chi connectivity index (χ1) is 15.2. The van der Waals surface area contributed by atoms with Crippen molar-refractivity contribution in [2.75, 3.05) is 32.7 Å². The zero-order valence-corrected chi connectivity index (χ0v) is 20.6. The Morgan fingerprint density at radius 3 is 1.97 bits per heavy atom. The molecule has 0 aromatic heterocycles. The van der Waals surface area contributed by atoms with Crippen molar-refractivity contribution in [1.82, 2.24) is 14.7 Å². The number of nitrogens with two attached hydrogens (primary N) is 1. The van der Waals surface area contributed by atoms with Crippen LogP contribution in [-0.4, -0.2) is 77.4 Å². The highest BCUT2D eigenvalue weighted by Crippen LogP contribution is 2.26. The van der Waals surface area contributed by atoms with Crippen LogP contribution in [0.15, 0.2) is 24.3 Å². The van der Waals surface area contributed by atoms with E-state index in [1.165, 1.54) is 0 Å². The zero-order valence-electron chi connectivity index (χ0n) is 19.8. The Bertz CT molecular complexity index is 754. The topological polar surface area (TPSA) is 69.9 Å². The monoisotopic (exact) mass is 462 g/mol. The minimum Gasteiger partial charge on any atom is -0.343 e. The molecule has 3 rings (SSSR count). The number of piperidine rings is 2. The number of carbonyl (C=O) groups is 2. The van der Waals surface area contributed by atoms with Gasteiger partial charge in [-0.3, -0.25) is 14.5 Å². The summed E-state index contributed by atoms with van der Waals surface area (Å²) in [5.41, 5.74) is 7.30. The minimum atomic E-state index is -0.518. The Morgan fingerprint density at radius 1 is 1.00 bits per heavy atom. The zero-order chi connectivity index (χ0) is 23.3. The maximum atomic E-state index is 12.9. The summed E-state index contributed by atoms with van der Waals surface area (Å²) in [6.07, 6.45) is 4.58. The van der Waals surface area contributed by atoms with Gasteiger partial charge in [0, 0.05) is 56.8 Å². The predicted octanol–water partition coefficient (Wildman–Crippen LogP) is 3.17. The molecule has 1 atom stereocenters. The van der Waals surface area contributed by atoms with E-state index in [1.807, 2.05) is 34.1 Å². The summed E-state index contributed by atoms with van der Waals surface area (Å²) in [6, 6.07) is 8.03. The van der Waals surface area contributed by atoms with Gasteiger partial charge >= 0.3 is 0 Å². The van der Waals surface area contributed by atoms with E-state index in [2.05, 4.69) is 18.7 Å². The smallest absolute Gasteiger partial charge is 0.239 e. The third-order valence-electron chi connectivity index (χ3n) is 6.89. The molecule has 0 aliphatic carbocycles. The standard InChI is InChI=1S/C25H39ClN4O2/c1-18(2)17-30(22-8-12-28(13-9-22)19(3)31)23-10-14-29(15-11-23)25(32)24(27)16-20-4-6-21(26)7-5-20/h4-7,18,22-24H,8-17,27H2,1-3H3/t24-/m1/s1. The molecule has 0 spiro atoms. The quantitative estimate of drug-likeness (QED) is 0.675. The molecule has 1 aromatic carbocycles. The molecular formula is C25H39ClN4O2. The van der Waals surface area contributed by atoms with Crippen LogP contribution in [0.5, 0.6) is 0 Å². The molecule has 0 saturated carbocycles. The molecule has 32 heavy (non-hydrogen) atoms. The van der Waals surface area contributed by atoms with Crippen molar-refractivity contribution >= 4 is 23.4 Å². The number of hydrogen-bond donors (Lipinski definition) is 1. The van der Waals surface area contributed by atoms with E-state index in [9.17, 15) is 9.59 Å². The van der Waals surface area contributed by atoms with E-state index in [1.54, 1.807) is 6.92 Å². The maximum Gasteiger partial charge on any atom is 0.239 e. The van der Waals surface area contributed by atoms with Gasteiger partial charge in [-0.1, -0.05) is 37.6 Å². The van der Waals surface area contributed by atoms with Crippen molar-refractivity contribution in [3.05, 3.63) is 34.9 Å². The van der Waals surface area contributed by atoms with E-state index in [4.69, 9.17) is 17.3 Å². The van der Waals surface area contributed by atoms with Crippen molar-refractivity contribution in [3.8, 4) is 0 Å². The number of benzene rings is 1. The number of nitrogens with zero attached hydrogens (tertiary/aromatic N) is 3. The van der Waals surface area contributed by atoms with Gasteiger partial charge in [0.25, 0.3) is 0 Å². The van der Waals surface area contributed by atoms with Crippen LogP contribution in [0.4, 0.5) is 0 Å². The summed E-state index contributed by atoms with van der Waals surface area (Å²) in [5, 5.41) is 0.689. The Morgan fingerprint density at radius 2 is 1.50 bits per heavy atom. The van der Waals surface area contributed by atoms with Crippen molar-refractivity contribution in [1.29, 1.82) is 0 Å². The number of carbonyl (C=O) groups excluding carboxylic acids is 2. The van der Waals surface area contributed by atoms with Gasteiger partial charge in [0.05, 0.1) is 6.04 Å². The molecule has 6 nitrogen and oxygen atoms in total. The van der Waals surface area contributed by atoms with Gasteiger partial charge in [0.2, 0.25) is 11.8 Å². The number of hydrogen-bond acceptors (Lipinski definition) is 4. The van der Waals surface area contributed by atoms with Gasteiger partial charge < -0.3 is 15.5 Å². The number of rotatable bonds is 7. The molecule has 2 aliphatic heterocycles. The second kappa shape index (κ2) is 11.5. The van der Waals surface area contributed by atoms with Crippen LogP contribution in [-0.2, 0) is 16.0 Å². The maximum absolute atomic E-state index is 12.9. The fourth-order valence-corrected chi connectivity index (χ4v) is 5.27. The van der Waals surface area contributed by atoms with Gasteiger partial charge in [-0.25, -0.2) is 0 Å². The largest absolute Gasteiger partial charge is 0.343 e. The predicted molar refractivity (Wildman–Crippen MR) is 130 cm³/mol. The fourth-order valence-electron chi connectivity index (χ4n) is 5.14. The SMILES string of the molecule is CC(=O)N1CCC(N(CC(C)C)C2CCN(C(=O)[C@H](N)Cc3ccc(Cl)cc3)CC2)CC1.